The normalized spacial score (nSPS) is 15.5. The molecule has 0 radical (unpaired) electrons. The topological polar surface area (TPSA) is 86.3 Å². The van der Waals surface area contributed by atoms with Crippen molar-refractivity contribution in [1.82, 2.24) is 15.0 Å². The van der Waals surface area contributed by atoms with Gasteiger partial charge in [-0.05, 0) is 31.7 Å². The maximum absolute atomic E-state index is 11.1. The second-order valence-electron chi connectivity index (χ2n) is 5.90. The number of aromatic nitrogens is 3. The first-order valence-electron chi connectivity index (χ1n) is 8.17. The van der Waals surface area contributed by atoms with Gasteiger partial charge in [0, 0.05) is 43.7 Å². The Hall–Kier alpha value is -2.64. The summed E-state index contributed by atoms with van der Waals surface area (Å²) in [6, 6.07) is 5.11. The molecule has 2 heterocycles. The highest BCUT2D eigenvalue weighted by Crippen LogP contribution is 2.33. The summed E-state index contributed by atoms with van der Waals surface area (Å²) in [5.41, 5.74) is 0.991. The first-order valence-corrected chi connectivity index (χ1v) is 8.17. The SMILES string of the molecule is CCOc1cc(N2CCC(Cn3ccnn3)CC2)ccc1[N+](=O)[O-]. The van der Waals surface area contributed by atoms with Gasteiger partial charge in [-0.15, -0.1) is 5.10 Å². The van der Waals surface area contributed by atoms with Crippen molar-refractivity contribution in [3.05, 3.63) is 40.7 Å². The average molecular weight is 331 g/mol. The van der Waals surface area contributed by atoms with Crippen molar-refractivity contribution in [2.75, 3.05) is 24.6 Å². The monoisotopic (exact) mass is 331 g/mol. The summed E-state index contributed by atoms with van der Waals surface area (Å²) in [5.74, 6) is 0.914. The molecule has 0 atom stereocenters. The van der Waals surface area contributed by atoms with Crippen LogP contribution in [0.4, 0.5) is 11.4 Å². The van der Waals surface area contributed by atoms with Gasteiger partial charge < -0.3 is 9.64 Å². The minimum Gasteiger partial charge on any atom is -0.487 e. The van der Waals surface area contributed by atoms with E-state index in [1.165, 1.54) is 6.07 Å². The van der Waals surface area contributed by atoms with Crippen LogP contribution in [0.25, 0.3) is 0 Å². The lowest BCUT2D eigenvalue weighted by molar-refractivity contribution is -0.385. The van der Waals surface area contributed by atoms with Crippen LogP contribution in [0.3, 0.4) is 0 Å². The summed E-state index contributed by atoms with van der Waals surface area (Å²) in [4.78, 5) is 12.9. The molecule has 0 spiro atoms. The molecule has 0 N–H and O–H groups in total. The van der Waals surface area contributed by atoms with Crippen molar-refractivity contribution in [2.45, 2.75) is 26.3 Å². The molecule has 1 aromatic carbocycles. The first kappa shape index (κ1) is 16.2. The van der Waals surface area contributed by atoms with E-state index in [9.17, 15) is 10.1 Å². The van der Waals surface area contributed by atoms with E-state index < -0.39 is 4.92 Å². The molecule has 0 amide bonds. The van der Waals surface area contributed by atoms with Gasteiger partial charge in [0.2, 0.25) is 0 Å². The number of hydrogen-bond acceptors (Lipinski definition) is 6. The number of nitro benzene ring substituents is 1. The van der Waals surface area contributed by atoms with E-state index in [-0.39, 0.29) is 5.69 Å². The average Bonchev–Trinajstić information content (AvgIpc) is 3.08. The smallest absolute Gasteiger partial charge is 0.311 e. The van der Waals surface area contributed by atoms with Gasteiger partial charge in [-0.3, -0.25) is 14.8 Å². The van der Waals surface area contributed by atoms with Crippen molar-refractivity contribution in [3.8, 4) is 5.75 Å². The zero-order valence-corrected chi connectivity index (χ0v) is 13.7. The van der Waals surface area contributed by atoms with Crippen LogP contribution in [0.1, 0.15) is 19.8 Å². The fraction of sp³-hybridized carbons (Fsp3) is 0.500. The Morgan fingerprint density at radius 1 is 1.38 bits per heavy atom. The number of anilines is 1. The number of nitro groups is 1. The number of ether oxygens (including phenoxy) is 1. The molecule has 8 nitrogen and oxygen atoms in total. The lowest BCUT2D eigenvalue weighted by atomic mass is 9.96. The maximum Gasteiger partial charge on any atom is 0.311 e. The van der Waals surface area contributed by atoms with Gasteiger partial charge in [0.25, 0.3) is 0 Å². The van der Waals surface area contributed by atoms with E-state index in [4.69, 9.17) is 4.74 Å². The minimum absolute atomic E-state index is 0.0154. The molecule has 0 aliphatic carbocycles. The first-order chi connectivity index (χ1) is 11.7. The van der Waals surface area contributed by atoms with Crippen molar-refractivity contribution in [2.24, 2.45) is 5.92 Å². The van der Waals surface area contributed by atoms with Crippen LogP contribution in [-0.2, 0) is 6.54 Å². The highest BCUT2D eigenvalue weighted by Gasteiger charge is 2.22. The number of nitrogens with zero attached hydrogens (tertiary/aromatic N) is 5. The third kappa shape index (κ3) is 3.64. The molecule has 3 rings (SSSR count). The van der Waals surface area contributed by atoms with Gasteiger partial charge in [0.05, 0.1) is 17.7 Å². The Balaban J connectivity index is 1.65. The van der Waals surface area contributed by atoms with E-state index in [2.05, 4.69) is 15.2 Å². The van der Waals surface area contributed by atoms with Gasteiger partial charge >= 0.3 is 5.69 Å². The van der Waals surface area contributed by atoms with Gasteiger partial charge in [-0.1, -0.05) is 5.21 Å². The Labute approximate surface area is 140 Å². The Morgan fingerprint density at radius 2 is 2.17 bits per heavy atom. The predicted octanol–water partition coefficient (Wildman–Crippen LogP) is 2.50. The summed E-state index contributed by atoms with van der Waals surface area (Å²) in [7, 11) is 0. The second kappa shape index (κ2) is 7.29. The quantitative estimate of drug-likeness (QED) is 0.597. The molecule has 8 heteroatoms. The molecule has 0 bridgehead atoms. The van der Waals surface area contributed by atoms with Crippen molar-refractivity contribution in [3.63, 3.8) is 0 Å². The van der Waals surface area contributed by atoms with Crippen molar-refractivity contribution in [1.29, 1.82) is 0 Å². The van der Waals surface area contributed by atoms with Crippen LogP contribution >= 0.6 is 0 Å². The molecule has 1 saturated heterocycles. The molecule has 1 aliphatic heterocycles. The highest BCUT2D eigenvalue weighted by molar-refractivity contribution is 5.59. The lowest BCUT2D eigenvalue weighted by Gasteiger charge is -2.33. The van der Waals surface area contributed by atoms with E-state index >= 15 is 0 Å². The number of rotatable bonds is 6. The zero-order valence-electron chi connectivity index (χ0n) is 13.7. The van der Waals surface area contributed by atoms with Gasteiger partial charge in [-0.2, -0.15) is 0 Å². The van der Waals surface area contributed by atoms with Gasteiger partial charge in [-0.25, -0.2) is 0 Å². The van der Waals surface area contributed by atoms with E-state index in [0.29, 0.717) is 18.3 Å². The van der Waals surface area contributed by atoms with Gasteiger partial charge in [0.15, 0.2) is 5.75 Å². The van der Waals surface area contributed by atoms with Crippen LogP contribution in [0.15, 0.2) is 30.6 Å². The molecule has 0 saturated carbocycles. The number of benzene rings is 1. The van der Waals surface area contributed by atoms with Crippen LogP contribution in [0.2, 0.25) is 0 Å². The third-order valence-corrected chi connectivity index (χ3v) is 4.34. The van der Waals surface area contributed by atoms with E-state index in [0.717, 1.165) is 38.2 Å². The van der Waals surface area contributed by atoms with Crippen molar-refractivity contribution >= 4 is 11.4 Å². The predicted molar refractivity (Wildman–Crippen MR) is 89.2 cm³/mol. The Kier molecular flexibility index (Phi) is 4.93. The van der Waals surface area contributed by atoms with Crippen LogP contribution < -0.4 is 9.64 Å². The summed E-state index contributed by atoms with van der Waals surface area (Å²) in [6.45, 7) is 4.96. The fourth-order valence-electron chi connectivity index (χ4n) is 3.09. The molecule has 1 aromatic heterocycles. The molecule has 0 unspecified atom stereocenters. The third-order valence-electron chi connectivity index (χ3n) is 4.34. The Bertz CT molecular complexity index is 681. The molecule has 24 heavy (non-hydrogen) atoms. The summed E-state index contributed by atoms with van der Waals surface area (Å²) in [5, 5.41) is 18.9. The van der Waals surface area contributed by atoms with Crippen LogP contribution in [0.5, 0.6) is 5.75 Å². The summed E-state index contributed by atoms with van der Waals surface area (Å²) in [6.07, 6.45) is 5.69. The molecule has 1 aliphatic rings. The van der Waals surface area contributed by atoms with Crippen LogP contribution in [0, 0.1) is 16.0 Å². The van der Waals surface area contributed by atoms with Crippen LogP contribution in [-0.4, -0.2) is 39.6 Å². The maximum atomic E-state index is 11.1. The fourth-order valence-corrected chi connectivity index (χ4v) is 3.09. The molecule has 2 aromatic rings. The zero-order chi connectivity index (χ0) is 16.9. The Morgan fingerprint density at radius 3 is 2.79 bits per heavy atom. The van der Waals surface area contributed by atoms with E-state index in [1.807, 2.05) is 17.8 Å². The molecular formula is C16H21N5O3. The number of piperidine rings is 1. The molecular weight excluding hydrogens is 310 g/mol. The van der Waals surface area contributed by atoms with Crippen molar-refractivity contribution < 1.29 is 9.66 Å². The largest absolute Gasteiger partial charge is 0.487 e. The number of hydrogen-bond donors (Lipinski definition) is 0. The highest BCUT2D eigenvalue weighted by atomic mass is 16.6. The van der Waals surface area contributed by atoms with Gasteiger partial charge in [0.1, 0.15) is 0 Å². The summed E-state index contributed by atoms with van der Waals surface area (Å²) < 4.78 is 7.31. The molecule has 128 valence electrons. The standard InChI is InChI=1S/C16H21N5O3/c1-2-24-16-11-14(3-4-15(16)21(22)23)19-8-5-13(6-9-19)12-20-10-7-17-18-20/h3-4,7,10-11,13H,2,5-6,8-9,12H2,1H3. The second-order valence-corrected chi connectivity index (χ2v) is 5.90. The van der Waals surface area contributed by atoms with E-state index in [1.54, 1.807) is 18.3 Å². The lowest BCUT2D eigenvalue weighted by Crippen LogP contribution is -2.35. The minimum atomic E-state index is -0.404. The molecule has 1 fully saturated rings. The summed E-state index contributed by atoms with van der Waals surface area (Å²) >= 11 is 0.